The number of aromatic amines is 1. The van der Waals surface area contributed by atoms with E-state index in [1.54, 1.807) is 19.2 Å². The molecule has 1 saturated heterocycles. The molecule has 1 N–H and O–H groups in total. The van der Waals surface area contributed by atoms with E-state index in [-0.39, 0.29) is 12.2 Å². The van der Waals surface area contributed by atoms with Crippen molar-refractivity contribution in [1.82, 2.24) is 9.88 Å². The summed E-state index contributed by atoms with van der Waals surface area (Å²) in [4.78, 5) is 5.36. The Morgan fingerprint density at radius 1 is 1.17 bits per heavy atom. The number of methoxy groups -OCH3 is 1. The summed E-state index contributed by atoms with van der Waals surface area (Å²) in [5, 5.41) is 1.09. The number of H-pyrrole nitrogens is 1. The van der Waals surface area contributed by atoms with E-state index in [0.29, 0.717) is 32.5 Å². The van der Waals surface area contributed by atoms with Crippen LogP contribution in [0.5, 0.6) is 5.75 Å². The Morgan fingerprint density at radius 2 is 1.97 bits per heavy atom. The molecule has 0 amide bonds. The summed E-state index contributed by atoms with van der Waals surface area (Å²) in [6.45, 7) is 1.37. The number of aryl methyl sites for hydroxylation is 1. The summed E-state index contributed by atoms with van der Waals surface area (Å²) >= 11 is 0. The maximum absolute atomic E-state index is 14.5. The molecule has 0 radical (unpaired) electrons. The Morgan fingerprint density at radius 3 is 2.72 bits per heavy atom. The number of fused-ring (bicyclic) bond motifs is 1. The number of hydrogen-bond donors (Lipinski definition) is 1. The first-order valence-corrected chi connectivity index (χ1v) is 9.93. The number of nitrogens with one attached hydrogen (secondary N) is 1. The second kappa shape index (κ2) is 8.11. The van der Waals surface area contributed by atoms with E-state index < -0.39 is 11.8 Å². The summed E-state index contributed by atoms with van der Waals surface area (Å²) in [5.41, 5.74) is 2.98. The number of halogens is 3. The number of alkyl halides is 2. The lowest BCUT2D eigenvalue weighted by Crippen LogP contribution is -2.46. The van der Waals surface area contributed by atoms with Crippen LogP contribution in [-0.4, -0.2) is 36.0 Å². The van der Waals surface area contributed by atoms with Gasteiger partial charge in [-0.1, -0.05) is 12.1 Å². The van der Waals surface area contributed by atoms with Gasteiger partial charge in [0.1, 0.15) is 11.6 Å². The molecule has 1 aromatic heterocycles. The Hall–Kier alpha value is -2.47. The number of ether oxygens (including phenoxy) is 1. The van der Waals surface area contributed by atoms with E-state index in [9.17, 15) is 13.2 Å². The SMILES string of the molecule is COc1ccc2c(CN3CCC(F)(F)[C@H](CCc4ccc(F)cc4)C3)c[nH]c2c1. The van der Waals surface area contributed by atoms with Crippen LogP contribution in [0, 0.1) is 11.7 Å². The fourth-order valence-corrected chi connectivity index (χ4v) is 4.15. The lowest BCUT2D eigenvalue weighted by Gasteiger charge is -2.38. The molecule has 29 heavy (non-hydrogen) atoms. The minimum atomic E-state index is -2.66. The van der Waals surface area contributed by atoms with Gasteiger partial charge in [-0.2, -0.15) is 0 Å². The molecule has 4 rings (SSSR count). The van der Waals surface area contributed by atoms with Crippen molar-refractivity contribution in [2.45, 2.75) is 31.7 Å². The van der Waals surface area contributed by atoms with Crippen molar-refractivity contribution in [3.63, 3.8) is 0 Å². The Balaban J connectivity index is 1.43. The van der Waals surface area contributed by atoms with Gasteiger partial charge in [-0.15, -0.1) is 0 Å². The highest BCUT2D eigenvalue weighted by atomic mass is 19.3. The third-order valence-electron chi connectivity index (χ3n) is 5.90. The van der Waals surface area contributed by atoms with Gasteiger partial charge >= 0.3 is 0 Å². The molecule has 3 aromatic rings. The van der Waals surface area contributed by atoms with Crippen molar-refractivity contribution in [3.8, 4) is 5.75 Å². The smallest absolute Gasteiger partial charge is 0.253 e. The van der Waals surface area contributed by atoms with Crippen molar-refractivity contribution in [3.05, 3.63) is 65.6 Å². The third-order valence-corrected chi connectivity index (χ3v) is 5.90. The second-order valence-corrected chi connectivity index (χ2v) is 7.83. The molecule has 0 bridgehead atoms. The molecule has 0 unspecified atom stereocenters. The quantitative estimate of drug-likeness (QED) is 0.598. The van der Waals surface area contributed by atoms with E-state index in [0.717, 1.165) is 27.8 Å². The number of nitrogens with zero attached hydrogens (tertiary/aromatic N) is 1. The summed E-state index contributed by atoms with van der Waals surface area (Å²) in [7, 11) is 1.63. The van der Waals surface area contributed by atoms with Crippen LogP contribution < -0.4 is 4.74 Å². The lowest BCUT2D eigenvalue weighted by atomic mass is 9.88. The number of hydrogen-bond acceptors (Lipinski definition) is 2. The fourth-order valence-electron chi connectivity index (χ4n) is 4.15. The zero-order valence-electron chi connectivity index (χ0n) is 16.4. The molecule has 0 saturated carbocycles. The highest BCUT2D eigenvalue weighted by molar-refractivity contribution is 5.84. The zero-order chi connectivity index (χ0) is 20.4. The number of likely N-dealkylation sites (tertiary alicyclic amines) is 1. The fraction of sp³-hybridized carbons (Fsp3) is 0.391. The van der Waals surface area contributed by atoms with Crippen molar-refractivity contribution in [2.24, 2.45) is 5.92 Å². The van der Waals surface area contributed by atoms with Crippen LogP contribution in [0.25, 0.3) is 10.9 Å². The maximum atomic E-state index is 14.5. The first-order valence-electron chi connectivity index (χ1n) is 9.93. The van der Waals surface area contributed by atoms with Crippen LogP contribution in [0.1, 0.15) is 24.0 Å². The van der Waals surface area contributed by atoms with Crippen LogP contribution in [0.2, 0.25) is 0 Å². The minimum Gasteiger partial charge on any atom is -0.497 e. The molecule has 1 aliphatic heterocycles. The van der Waals surface area contributed by atoms with Gasteiger partial charge < -0.3 is 9.72 Å². The van der Waals surface area contributed by atoms with Gasteiger partial charge in [0.05, 0.1) is 7.11 Å². The van der Waals surface area contributed by atoms with Crippen molar-refractivity contribution < 1.29 is 17.9 Å². The molecule has 1 atom stereocenters. The number of rotatable bonds is 6. The lowest BCUT2D eigenvalue weighted by molar-refractivity contribution is -0.109. The van der Waals surface area contributed by atoms with Crippen molar-refractivity contribution >= 4 is 10.9 Å². The maximum Gasteiger partial charge on any atom is 0.253 e. The van der Waals surface area contributed by atoms with Gasteiger partial charge in [0.2, 0.25) is 0 Å². The van der Waals surface area contributed by atoms with E-state index in [1.165, 1.54) is 12.1 Å². The molecule has 154 valence electrons. The molecular weight excluding hydrogens is 377 g/mol. The summed E-state index contributed by atoms with van der Waals surface area (Å²) < 4.78 is 47.3. The normalized spacial score (nSPS) is 19.5. The number of aromatic nitrogens is 1. The van der Waals surface area contributed by atoms with Gasteiger partial charge in [0, 0.05) is 55.1 Å². The molecular formula is C23H25F3N2O. The van der Waals surface area contributed by atoms with Gasteiger partial charge in [-0.05, 0) is 48.2 Å². The molecule has 3 nitrogen and oxygen atoms in total. The molecule has 1 fully saturated rings. The van der Waals surface area contributed by atoms with E-state index in [1.807, 2.05) is 24.4 Å². The van der Waals surface area contributed by atoms with Crippen LogP contribution in [-0.2, 0) is 13.0 Å². The Bertz CT molecular complexity index is 968. The molecule has 1 aliphatic rings. The van der Waals surface area contributed by atoms with Crippen LogP contribution >= 0.6 is 0 Å². The standard InChI is InChI=1S/C23H25F3N2O/c1-29-20-8-9-21-17(13-27-22(21)12-20)14-28-11-10-23(25,26)18(15-28)5-2-16-3-6-19(24)7-4-16/h3-4,6-9,12-13,18,27H,2,5,10-11,14-15H2,1H3/t18-/m1/s1. The number of benzene rings is 2. The Kier molecular flexibility index (Phi) is 5.54. The first kappa shape index (κ1) is 19.8. The highest BCUT2D eigenvalue weighted by Crippen LogP contribution is 2.37. The largest absolute Gasteiger partial charge is 0.497 e. The average molecular weight is 402 g/mol. The molecule has 6 heteroatoms. The third kappa shape index (κ3) is 4.42. The second-order valence-electron chi connectivity index (χ2n) is 7.83. The highest BCUT2D eigenvalue weighted by Gasteiger charge is 2.43. The molecule has 0 spiro atoms. The monoisotopic (exact) mass is 402 g/mol. The Labute approximate surface area is 168 Å². The van der Waals surface area contributed by atoms with Gasteiger partial charge in [-0.25, -0.2) is 13.2 Å². The zero-order valence-corrected chi connectivity index (χ0v) is 16.4. The van der Waals surface area contributed by atoms with Crippen LogP contribution in [0.15, 0.2) is 48.7 Å². The summed E-state index contributed by atoms with van der Waals surface area (Å²) in [5.74, 6) is -2.89. The predicted molar refractivity (Wildman–Crippen MR) is 108 cm³/mol. The number of piperidine rings is 1. The minimum absolute atomic E-state index is 0.128. The molecule has 0 aliphatic carbocycles. The molecule has 2 heterocycles. The molecule has 2 aromatic carbocycles. The van der Waals surface area contributed by atoms with E-state index in [2.05, 4.69) is 9.88 Å². The topological polar surface area (TPSA) is 28.3 Å². The average Bonchev–Trinajstić information content (AvgIpc) is 3.11. The van der Waals surface area contributed by atoms with Gasteiger partial charge in [0.25, 0.3) is 5.92 Å². The summed E-state index contributed by atoms with van der Waals surface area (Å²) in [6, 6.07) is 12.0. The summed E-state index contributed by atoms with van der Waals surface area (Å²) in [6.07, 6.45) is 2.74. The van der Waals surface area contributed by atoms with E-state index >= 15 is 0 Å². The van der Waals surface area contributed by atoms with Crippen molar-refractivity contribution in [2.75, 3.05) is 20.2 Å². The van der Waals surface area contributed by atoms with Crippen LogP contribution in [0.4, 0.5) is 13.2 Å². The van der Waals surface area contributed by atoms with Gasteiger partial charge in [-0.3, -0.25) is 4.90 Å². The predicted octanol–water partition coefficient (Wildman–Crippen LogP) is 5.41. The van der Waals surface area contributed by atoms with E-state index in [4.69, 9.17) is 4.74 Å². The first-order chi connectivity index (χ1) is 13.9. The van der Waals surface area contributed by atoms with Crippen LogP contribution in [0.3, 0.4) is 0 Å². The van der Waals surface area contributed by atoms with Gasteiger partial charge in [0.15, 0.2) is 0 Å². The van der Waals surface area contributed by atoms with Crippen molar-refractivity contribution in [1.29, 1.82) is 0 Å².